The monoisotopic (exact) mass is 313 g/mol. The van der Waals surface area contributed by atoms with Crippen LogP contribution in [0.15, 0.2) is 27.6 Å². The number of ether oxygens (including phenoxy) is 1. The molecule has 7 heteroatoms. The Morgan fingerprint density at radius 3 is 2.71 bits per heavy atom. The van der Waals surface area contributed by atoms with Crippen molar-refractivity contribution in [2.75, 3.05) is 13.2 Å². The molecule has 1 rings (SSSR count). The summed E-state index contributed by atoms with van der Waals surface area (Å²) in [5, 5.41) is 0. The Morgan fingerprint density at radius 2 is 2.06 bits per heavy atom. The number of alkyl halides is 3. The summed E-state index contributed by atoms with van der Waals surface area (Å²) >= 11 is 3.21. The van der Waals surface area contributed by atoms with Crippen LogP contribution in [0.2, 0.25) is 0 Å². The first-order chi connectivity index (χ1) is 7.88. The number of aryl methyl sites for hydroxylation is 1. The maximum Gasteiger partial charge on any atom is 0.411 e. The fraction of sp³-hybridized carbons (Fsp3) is 0.500. The Bertz CT molecular complexity index is 417. The fourth-order valence-corrected chi connectivity index (χ4v) is 1.58. The van der Waals surface area contributed by atoms with E-state index in [1.807, 2.05) is 0 Å². The molecule has 3 nitrogen and oxygen atoms in total. The second kappa shape index (κ2) is 6.20. The van der Waals surface area contributed by atoms with Crippen molar-refractivity contribution in [1.29, 1.82) is 0 Å². The van der Waals surface area contributed by atoms with E-state index in [9.17, 15) is 18.0 Å². The molecule has 1 aromatic heterocycles. The lowest BCUT2D eigenvalue weighted by Crippen LogP contribution is -2.21. The molecule has 0 saturated heterocycles. The normalized spacial score (nSPS) is 11.8. The number of pyridine rings is 1. The lowest BCUT2D eigenvalue weighted by molar-refractivity contribution is -0.174. The topological polar surface area (TPSA) is 31.2 Å². The van der Waals surface area contributed by atoms with E-state index in [0.717, 1.165) is 4.47 Å². The molecule has 0 fully saturated rings. The first kappa shape index (κ1) is 14.2. The molecule has 0 unspecified atom stereocenters. The van der Waals surface area contributed by atoms with Gasteiger partial charge in [0, 0.05) is 29.9 Å². The number of nitrogens with zero attached hydrogens (tertiary/aromatic N) is 1. The summed E-state index contributed by atoms with van der Waals surface area (Å²) in [4.78, 5) is 11.3. The van der Waals surface area contributed by atoms with Gasteiger partial charge in [-0.05, 0) is 28.4 Å². The standard InChI is InChI=1S/C10H11BrF3NO2/c11-8-2-3-9(16)15(6-8)4-1-5-17-7-10(12,13)14/h2-3,6H,1,4-5,7H2. The van der Waals surface area contributed by atoms with E-state index in [0.29, 0.717) is 13.0 Å². The number of halogens is 4. The van der Waals surface area contributed by atoms with Gasteiger partial charge in [0.2, 0.25) is 0 Å². The van der Waals surface area contributed by atoms with Gasteiger partial charge >= 0.3 is 6.18 Å². The molecule has 0 bridgehead atoms. The van der Waals surface area contributed by atoms with Crippen LogP contribution in [0.25, 0.3) is 0 Å². The molecule has 1 aromatic rings. The lowest BCUT2D eigenvalue weighted by atomic mass is 10.4. The minimum atomic E-state index is -4.30. The zero-order chi connectivity index (χ0) is 12.9. The molecular formula is C10H11BrF3NO2. The molecule has 0 aliphatic heterocycles. The van der Waals surface area contributed by atoms with Gasteiger partial charge in [-0.3, -0.25) is 4.79 Å². The van der Waals surface area contributed by atoms with Crippen molar-refractivity contribution in [3.05, 3.63) is 33.2 Å². The summed E-state index contributed by atoms with van der Waals surface area (Å²) in [7, 11) is 0. The van der Waals surface area contributed by atoms with Crippen LogP contribution in [0, 0.1) is 0 Å². The highest BCUT2D eigenvalue weighted by Gasteiger charge is 2.27. The van der Waals surface area contributed by atoms with Crippen LogP contribution in [-0.2, 0) is 11.3 Å². The smallest absolute Gasteiger partial charge is 0.372 e. The summed E-state index contributed by atoms with van der Waals surface area (Å²) < 4.78 is 41.8. The van der Waals surface area contributed by atoms with Gasteiger partial charge in [0.25, 0.3) is 5.56 Å². The second-order valence-corrected chi connectivity index (χ2v) is 4.32. The maximum absolute atomic E-state index is 11.7. The predicted molar refractivity (Wildman–Crippen MR) is 59.9 cm³/mol. The molecule has 0 N–H and O–H groups in total. The maximum atomic E-state index is 11.7. The fourth-order valence-electron chi connectivity index (χ4n) is 1.20. The Morgan fingerprint density at radius 1 is 1.35 bits per heavy atom. The number of hydrogen-bond acceptors (Lipinski definition) is 2. The Balaban J connectivity index is 2.32. The van der Waals surface area contributed by atoms with Gasteiger partial charge in [-0.2, -0.15) is 13.2 Å². The first-order valence-electron chi connectivity index (χ1n) is 4.89. The third kappa shape index (κ3) is 5.88. The average Bonchev–Trinajstić information content (AvgIpc) is 2.21. The van der Waals surface area contributed by atoms with E-state index in [2.05, 4.69) is 20.7 Å². The van der Waals surface area contributed by atoms with Crippen molar-refractivity contribution in [1.82, 2.24) is 4.57 Å². The summed E-state index contributed by atoms with van der Waals surface area (Å²) in [6, 6.07) is 3.00. The van der Waals surface area contributed by atoms with Gasteiger partial charge in [-0.15, -0.1) is 0 Å². The van der Waals surface area contributed by atoms with Crippen molar-refractivity contribution in [3.8, 4) is 0 Å². The Hall–Kier alpha value is -0.820. The molecule has 17 heavy (non-hydrogen) atoms. The van der Waals surface area contributed by atoms with E-state index in [1.54, 1.807) is 12.3 Å². The molecule has 0 aromatic carbocycles. The van der Waals surface area contributed by atoms with Gasteiger partial charge in [-0.1, -0.05) is 0 Å². The molecule has 0 amide bonds. The zero-order valence-corrected chi connectivity index (χ0v) is 10.4. The Kier molecular flexibility index (Phi) is 5.20. The van der Waals surface area contributed by atoms with Crippen molar-refractivity contribution in [2.24, 2.45) is 0 Å². The van der Waals surface area contributed by atoms with Crippen molar-refractivity contribution in [2.45, 2.75) is 19.1 Å². The molecule has 96 valence electrons. The quantitative estimate of drug-likeness (QED) is 0.782. The summed E-state index contributed by atoms with van der Waals surface area (Å²) in [6.45, 7) is -0.949. The van der Waals surface area contributed by atoms with Crippen molar-refractivity contribution in [3.63, 3.8) is 0 Å². The van der Waals surface area contributed by atoms with Gasteiger partial charge in [0.05, 0.1) is 0 Å². The van der Waals surface area contributed by atoms with Crippen molar-refractivity contribution < 1.29 is 17.9 Å². The highest BCUT2D eigenvalue weighted by atomic mass is 79.9. The largest absolute Gasteiger partial charge is 0.411 e. The second-order valence-electron chi connectivity index (χ2n) is 3.40. The molecule has 0 aliphatic carbocycles. The van der Waals surface area contributed by atoms with Crippen LogP contribution in [-0.4, -0.2) is 24.0 Å². The van der Waals surface area contributed by atoms with E-state index in [4.69, 9.17) is 0 Å². The van der Waals surface area contributed by atoms with Crippen LogP contribution >= 0.6 is 15.9 Å². The molecule has 0 aliphatic rings. The lowest BCUT2D eigenvalue weighted by Gasteiger charge is -2.08. The van der Waals surface area contributed by atoms with E-state index >= 15 is 0 Å². The van der Waals surface area contributed by atoms with Crippen LogP contribution < -0.4 is 5.56 Å². The molecule has 1 heterocycles. The van der Waals surface area contributed by atoms with Gasteiger partial charge in [0.1, 0.15) is 6.61 Å². The molecule has 0 radical (unpaired) electrons. The minimum Gasteiger partial charge on any atom is -0.372 e. The minimum absolute atomic E-state index is 0.0293. The molecular weight excluding hydrogens is 303 g/mol. The summed E-state index contributed by atoms with van der Waals surface area (Å²) in [6.07, 6.45) is -2.36. The van der Waals surface area contributed by atoms with Crippen molar-refractivity contribution >= 4 is 15.9 Å². The van der Waals surface area contributed by atoms with Gasteiger partial charge < -0.3 is 9.30 Å². The van der Waals surface area contributed by atoms with Crippen LogP contribution in [0.4, 0.5) is 13.2 Å². The van der Waals surface area contributed by atoms with E-state index in [-0.39, 0.29) is 12.2 Å². The zero-order valence-electron chi connectivity index (χ0n) is 8.84. The van der Waals surface area contributed by atoms with Gasteiger partial charge in [-0.25, -0.2) is 0 Å². The summed E-state index contributed by atoms with van der Waals surface area (Å²) in [5.41, 5.74) is -0.191. The SMILES string of the molecule is O=c1ccc(Br)cn1CCCOCC(F)(F)F. The van der Waals surface area contributed by atoms with E-state index in [1.165, 1.54) is 10.6 Å². The number of rotatable bonds is 5. The highest BCUT2D eigenvalue weighted by Crippen LogP contribution is 2.14. The van der Waals surface area contributed by atoms with Crippen LogP contribution in [0.1, 0.15) is 6.42 Å². The third-order valence-electron chi connectivity index (χ3n) is 1.90. The molecule has 0 spiro atoms. The van der Waals surface area contributed by atoms with Crippen LogP contribution in [0.5, 0.6) is 0 Å². The predicted octanol–water partition coefficient (Wildman–Crippen LogP) is 2.58. The summed E-state index contributed by atoms with van der Waals surface area (Å²) in [5.74, 6) is 0. The first-order valence-corrected chi connectivity index (χ1v) is 5.68. The molecule has 0 atom stereocenters. The molecule has 0 saturated carbocycles. The van der Waals surface area contributed by atoms with Crippen LogP contribution in [0.3, 0.4) is 0 Å². The number of aromatic nitrogens is 1. The third-order valence-corrected chi connectivity index (χ3v) is 2.37. The van der Waals surface area contributed by atoms with E-state index < -0.39 is 12.8 Å². The highest BCUT2D eigenvalue weighted by molar-refractivity contribution is 9.10. The Labute approximate surface area is 104 Å². The van der Waals surface area contributed by atoms with Gasteiger partial charge in [0.15, 0.2) is 0 Å². The average molecular weight is 314 g/mol. The number of hydrogen-bond donors (Lipinski definition) is 0.